The fraction of sp³-hybridized carbons (Fsp3) is 0.273. The lowest BCUT2D eigenvalue weighted by molar-refractivity contribution is 0.102. The molecule has 34 heavy (non-hydrogen) atoms. The molecule has 0 fully saturated rings. The highest BCUT2D eigenvalue weighted by Gasteiger charge is 2.19. The van der Waals surface area contributed by atoms with Gasteiger partial charge in [0.2, 0.25) is 0 Å². The zero-order valence-corrected chi connectivity index (χ0v) is 20.9. The zero-order valence-electron chi connectivity index (χ0n) is 18.6. The van der Waals surface area contributed by atoms with Gasteiger partial charge in [0.15, 0.2) is 17.2 Å². The maximum Gasteiger partial charge on any atom is 0.276 e. The van der Waals surface area contributed by atoms with Crippen molar-refractivity contribution >= 4 is 44.9 Å². The third-order valence-corrected chi connectivity index (χ3v) is 5.69. The molecule has 12 heteroatoms. The number of halogens is 2. The molecule has 1 N–H and O–H groups in total. The molecule has 1 amide bonds. The van der Waals surface area contributed by atoms with E-state index in [0.717, 1.165) is 11.9 Å². The van der Waals surface area contributed by atoms with Crippen LogP contribution in [0.25, 0.3) is 5.69 Å². The number of anilines is 1. The van der Waals surface area contributed by atoms with Crippen LogP contribution >= 0.6 is 23.2 Å². The standard InChI is InChI=1S/C22H23Cl2N3O6S/c1-14(33-34(3,29)30)13-32-19-9-6-17(10-20(19)31-2)25-22(28)21-15(11-23)12-27(26-21)18-7-4-16(24)5-8-18/h4-10,12,14H,11,13H2,1-3H3,(H,25,28). The normalized spacial score (nSPS) is 12.3. The van der Waals surface area contributed by atoms with Gasteiger partial charge in [-0.25, -0.2) is 4.68 Å². The van der Waals surface area contributed by atoms with E-state index in [9.17, 15) is 13.2 Å². The number of aromatic nitrogens is 2. The third kappa shape index (κ3) is 6.86. The van der Waals surface area contributed by atoms with Crippen LogP contribution in [0.4, 0.5) is 5.69 Å². The van der Waals surface area contributed by atoms with E-state index in [4.69, 9.17) is 36.9 Å². The molecule has 0 aliphatic carbocycles. The maximum absolute atomic E-state index is 12.9. The number of ether oxygens (including phenoxy) is 2. The van der Waals surface area contributed by atoms with E-state index in [-0.39, 0.29) is 18.2 Å². The molecule has 2 aromatic carbocycles. The first kappa shape index (κ1) is 25.8. The SMILES string of the molecule is COc1cc(NC(=O)c2nn(-c3ccc(Cl)cc3)cc2CCl)ccc1OCC(C)OS(C)(=O)=O. The van der Waals surface area contributed by atoms with E-state index < -0.39 is 22.1 Å². The van der Waals surface area contributed by atoms with Crippen LogP contribution in [0.3, 0.4) is 0 Å². The Kier molecular flexibility index (Phi) is 8.42. The lowest BCUT2D eigenvalue weighted by atomic mass is 10.2. The van der Waals surface area contributed by atoms with E-state index in [2.05, 4.69) is 10.4 Å². The van der Waals surface area contributed by atoms with Gasteiger partial charge in [-0.2, -0.15) is 13.5 Å². The summed E-state index contributed by atoms with van der Waals surface area (Å²) in [7, 11) is -2.15. The average Bonchev–Trinajstić information content (AvgIpc) is 3.22. The topological polar surface area (TPSA) is 109 Å². The Balaban J connectivity index is 1.74. The summed E-state index contributed by atoms with van der Waals surface area (Å²) in [6, 6.07) is 11.8. The van der Waals surface area contributed by atoms with Gasteiger partial charge >= 0.3 is 0 Å². The lowest BCUT2D eigenvalue weighted by Crippen LogP contribution is -2.21. The number of rotatable bonds is 10. The predicted octanol–water partition coefficient (Wildman–Crippen LogP) is 4.27. The molecule has 182 valence electrons. The Morgan fingerprint density at radius 3 is 2.50 bits per heavy atom. The Morgan fingerprint density at radius 2 is 1.88 bits per heavy atom. The van der Waals surface area contributed by atoms with Gasteiger partial charge in [-0.1, -0.05) is 11.6 Å². The molecule has 1 unspecified atom stereocenters. The van der Waals surface area contributed by atoms with Crippen molar-refractivity contribution in [1.29, 1.82) is 0 Å². The van der Waals surface area contributed by atoms with Crippen molar-refractivity contribution in [3.63, 3.8) is 0 Å². The number of benzene rings is 2. The number of hydrogen-bond acceptors (Lipinski definition) is 7. The summed E-state index contributed by atoms with van der Waals surface area (Å²) in [6.45, 7) is 1.55. The highest BCUT2D eigenvalue weighted by atomic mass is 35.5. The van der Waals surface area contributed by atoms with Gasteiger partial charge in [0, 0.05) is 28.5 Å². The summed E-state index contributed by atoms with van der Waals surface area (Å²) in [5.41, 5.74) is 1.90. The van der Waals surface area contributed by atoms with Crippen molar-refractivity contribution in [3.8, 4) is 17.2 Å². The van der Waals surface area contributed by atoms with Crippen LogP contribution in [0.2, 0.25) is 5.02 Å². The van der Waals surface area contributed by atoms with Gasteiger partial charge in [-0.3, -0.25) is 8.98 Å². The first-order valence-corrected chi connectivity index (χ1v) is 12.7. The fourth-order valence-corrected chi connectivity index (χ4v) is 3.99. The van der Waals surface area contributed by atoms with E-state index in [1.165, 1.54) is 7.11 Å². The number of alkyl halides is 1. The van der Waals surface area contributed by atoms with Gasteiger partial charge in [-0.05, 0) is 43.3 Å². The van der Waals surface area contributed by atoms with Crippen molar-refractivity contribution in [3.05, 3.63) is 64.9 Å². The predicted molar refractivity (Wildman–Crippen MR) is 130 cm³/mol. The molecule has 1 heterocycles. The number of carbonyl (C=O) groups excluding carboxylic acids is 1. The highest BCUT2D eigenvalue weighted by molar-refractivity contribution is 7.86. The summed E-state index contributed by atoms with van der Waals surface area (Å²) in [6.07, 6.45) is 1.96. The molecule has 0 bridgehead atoms. The molecule has 9 nitrogen and oxygen atoms in total. The highest BCUT2D eigenvalue weighted by Crippen LogP contribution is 2.31. The number of methoxy groups -OCH3 is 1. The van der Waals surface area contributed by atoms with Crippen molar-refractivity contribution in [2.75, 3.05) is 25.3 Å². The molecule has 0 saturated carbocycles. The summed E-state index contributed by atoms with van der Waals surface area (Å²) < 4.78 is 39.8. The largest absolute Gasteiger partial charge is 0.493 e. The van der Waals surface area contributed by atoms with Gasteiger partial charge in [0.25, 0.3) is 16.0 Å². The van der Waals surface area contributed by atoms with Gasteiger partial charge < -0.3 is 14.8 Å². The smallest absolute Gasteiger partial charge is 0.276 e. The zero-order chi connectivity index (χ0) is 24.9. The molecule has 1 atom stereocenters. The van der Waals surface area contributed by atoms with Crippen molar-refractivity contribution in [2.24, 2.45) is 0 Å². The molecule has 0 aliphatic rings. The number of nitrogens with zero attached hydrogens (tertiary/aromatic N) is 2. The van der Waals surface area contributed by atoms with Crippen LogP contribution in [-0.4, -0.2) is 50.2 Å². The second-order valence-electron chi connectivity index (χ2n) is 7.30. The Labute approximate surface area is 207 Å². The molecule has 3 aromatic rings. The molecule has 0 radical (unpaired) electrons. The van der Waals surface area contributed by atoms with Crippen molar-refractivity contribution in [2.45, 2.75) is 18.9 Å². The van der Waals surface area contributed by atoms with E-state index >= 15 is 0 Å². The van der Waals surface area contributed by atoms with E-state index in [0.29, 0.717) is 27.8 Å². The van der Waals surface area contributed by atoms with Crippen LogP contribution < -0.4 is 14.8 Å². The summed E-state index contributed by atoms with van der Waals surface area (Å²) >= 11 is 12.0. The van der Waals surface area contributed by atoms with Gasteiger partial charge in [-0.15, -0.1) is 11.6 Å². The molecule has 0 aliphatic heterocycles. The maximum atomic E-state index is 12.9. The van der Waals surface area contributed by atoms with Gasteiger partial charge in [0.05, 0.1) is 24.9 Å². The molecular weight excluding hydrogens is 505 g/mol. The second kappa shape index (κ2) is 11.1. The third-order valence-electron chi connectivity index (χ3n) is 4.47. The molecular formula is C22H23Cl2N3O6S. The Bertz CT molecular complexity index is 1260. The lowest BCUT2D eigenvalue weighted by Gasteiger charge is -2.15. The van der Waals surface area contributed by atoms with Gasteiger partial charge in [0.1, 0.15) is 12.7 Å². The number of carbonyl (C=O) groups is 1. The average molecular weight is 528 g/mol. The molecule has 0 spiro atoms. The van der Waals surface area contributed by atoms with Crippen LogP contribution in [0.5, 0.6) is 11.5 Å². The monoisotopic (exact) mass is 527 g/mol. The van der Waals surface area contributed by atoms with Crippen LogP contribution in [0, 0.1) is 0 Å². The quantitative estimate of drug-likeness (QED) is 0.309. The minimum absolute atomic E-state index is 0.0175. The molecule has 1 aromatic heterocycles. The summed E-state index contributed by atoms with van der Waals surface area (Å²) in [5, 5.41) is 7.73. The summed E-state index contributed by atoms with van der Waals surface area (Å²) in [5.74, 6) is 0.348. The number of nitrogens with one attached hydrogen (secondary N) is 1. The van der Waals surface area contributed by atoms with E-state index in [1.807, 2.05) is 0 Å². The van der Waals surface area contributed by atoms with Crippen LogP contribution in [0.1, 0.15) is 23.0 Å². The Hall–Kier alpha value is -2.79. The first-order valence-electron chi connectivity index (χ1n) is 10.0. The molecule has 3 rings (SSSR count). The number of amides is 1. The first-order chi connectivity index (χ1) is 16.1. The minimum Gasteiger partial charge on any atom is -0.493 e. The van der Waals surface area contributed by atoms with E-state index in [1.54, 1.807) is 60.3 Å². The van der Waals surface area contributed by atoms with Crippen LogP contribution in [0.15, 0.2) is 48.7 Å². The fourth-order valence-electron chi connectivity index (χ4n) is 3.01. The summed E-state index contributed by atoms with van der Waals surface area (Å²) in [4.78, 5) is 12.9. The number of hydrogen-bond donors (Lipinski definition) is 1. The van der Waals surface area contributed by atoms with Crippen LogP contribution in [-0.2, 0) is 20.2 Å². The van der Waals surface area contributed by atoms with Crippen molar-refractivity contribution in [1.82, 2.24) is 9.78 Å². The minimum atomic E-state index is -3.60. The van der Waals surface area contributed by atoms with Crippen molar-refractivity contribution < 1.29 is 26.9 Å². The Morgan fingerprint density at radius 1 is 1.18 bits per heavy atom. The molecule has 0 saturated heterocycles. The second-order valence-corrected chi connectivity index (χ2v) is 9.60.